The van der Waals surface area contributed by atoms with Crippen molar-refractivity contribution in [2.45, 2.75) is 70.2 Å². The Balaban J connectivity index is 2.05. The van der Waals surface area contributed by atoms with Crippen LogP contribution >= 0.6 is 0 Å². The zero-order chi connectivity index (χ0) is 19.5. The molecule has 0 bridgehead atoms. The van der Waals surface area contributed by atoms with Crippen molar-refractivity contribution in [2.75, 3.05) is 5.32 Å². The Kier molecular flexibility index (Phi) is 5.82. The molecule has 0 saturated heterocycles. The molecule has 1 heterocycles. The van der Waals surface area contributed by atoms with Crippen molar-refractivity contribution >= 4 is 17.8 Å². The topological polar surface area (TPSA) is 96.1 Å². The second-order valence-electron chi connectivity index (χ2n) is 7.30. The Morgan fingerprint density at radius 3 is 2.50 bits per heavy atom. The first-order chi connectivity index (χ1) is 12.0. The lowest BCUT2D eigenvalue weighted by atomic mass is 9.82. The third kappa shape index (κ3) is 5.63. The fourth-order valence-corrected chi connectivity index (χ4v) is 2.91. The number of alkyl carbamates (subject to hydrolysis) is 1. The molecular formula is C16H23F3N4O3. The summed E-state index contributed by atoms with van der Waals surface area (Å²) in [5, 5.41) is 10.9. The summed E-state index contributed by atoms with van der Waals surface area (Å²) in [6, 6.07) is 1.13. The lowest BCUT2D eigenvalue weighted by Crippen LogP contribution is -2.43. The molecule has 0 radical (unpaired) electrons. The standard InChI is InChI=1S/C16H23F3N4O3/c1-15(2,3)26-14(25)20-10-7-5-4-6-9(10)11-8-12(23-22-11)21-13(24)16(17,18)19/h8-10H,4-7H2,1-3H3,(H,20,25)(H2,21,22,23,24)/t9-,10-/m1/s1. The van der Waals surface area contributed by atoms with E-state index >= 15 is 0 Å². The number of H-pyrrole nitrogens is 1. The molecule has 0 aromatic carbocycles. The molecule has 0 spiro atoms. The van der Waals surface area contributed by atoms with Gasteiger partial charge in [0.1, 0.15) is 5.60 Å². The van der Waals surface area contributed by atoms with E-state index in [4.69, 9.17) is 4.74 Å². The van der Waals surface area contributed by atoms with Crippen molar-refractivity contribution in [3.05, 3.63) is 11.8 Å². The normalized spacial score (nSPS) is 21.2. The number of nitrogens with one attached hydrogen (secondary N) is 3. The second kappa shape index (κ2) is 7.55. The molecule has 2 atom stereocenters. The minimum absolute atomic E-state index is 0.152. The molecule has 1 fully saturated rings. The van der Waals surface area contributed by atoms with Crippen LogP contribution in [0.3, 0.4) is 0 Å². The summed E-state index contributed by atoms with van der Waals surface area (Å²) in [5.74, 6) is -2.44. The molecule has 2 amide bonds. The Bertz CT molecular complexity index is 652. The maximum atomic E-state index is 12.3. The minimum atomic E-state index is -4.98. The molecule has 146 valence electrons. The van der Waals surface area contributed by atoms with E-state index in [0.717, 1.165) is 19.3 Å². The van der Waals surface area contributed by atoms with E-state index in [2.05, 4.69) is 15.5 Å². The fraction of sp³-hybridized carbons (Fsp3) is 0.688. The van der Waals surface area contributed by atoms with E-state index in [-0.39, 0.29) is 17.8 Å². The van der Waals surface area contributed by atoms with Crippen molar-refractivity contribution in [2.24, 2.45) is 0 Å². The highest BCUT2D eigenvalue weighted by atomic mass is 19.4. The zero-order valence-electron chi connectivity index (χ0n) is 14.9. The number of rotatable bonds is 3. The summed E-state index contributed by atoms with van der Waals surface area (Å²) in [7, 11) is 0. The van der Waals surface area contributed by atoms with Gasteiger partial charge in [0, 0.05) is 23.7 Å². The van der Waals surface area contributed by atoms with E-state index in [1.807, 2.05) is 0 Å². The van der Waals surface area contributed by atoms with Gasteiger partial charge in [-0.25, -0.2) is 4.79 Å². The first-order valence-electron chi connectivity index (χ1n) is 8.39. The number of aromatic amines is 1. The molecule has 0 unspecified atom stereocenters. The van der Waals surface area contributed by atoms with E-state index in [9.17, 15) is 22.8 Å². The number of amides is 2. The number of carbonyl (C=O) groups is 2. The van der Waals surface area contributed by atoms with Gasteiger partial charge in [-0.3, -0.25) is 9.89 Å². The van der Waals surface area contributed by atoms with Gasteiger partial charge in [0.15, 0.2) is 5.82 Å². The predicted molar refractivity (Wildman–Crippen MR) is 87.6 cm³/mol. The van der Waals surface area contributed by atoms with Crippen LogP contribution in [0, 0.1) is 0 Å². The largest absolute Gasteiger partial charge is 0.471 e. The number of nitrogens with zero attached hydrogens (tertiary/aromatic N) is 1. The number of aromatic nitrogens is 2. The zero-order valence-corrected chi connectivity index (χ0v) is 14.9. The predicted octanol–water partition coefficient (Wildman–Crippen LogP) is 3.46. The van der Waals surface area contributed by atoms with E-state index in [1.165, 1.54) is 6.07 Å². The number of hydrogen-bond acceptors (Lipinski definition) is 4. The summed E-state index contributed by atoms with van der Waals surface area (Å²) in [4.78, 5) is 23.0. The highest BCUT2D eigenvalue weighted by molar-refractivity contribution is 5.94. The Hall–Kier alpha value is -2.26. The molecule has 1 saturated carbocycles. The van der Waals surface area contributed by atoms with Crippen LogP contribution in [0.25, 0.3) is 0 Å². The number of hydrogen-bond donors (Lipinski definition) is 3. The molecule has 1 aliphatic rings. The molecular weight excluding hydrogens is 353 g/mol. The van der Waals surface area contributed by atoms with Gasteiger partial charge in [-0.2, -0.15) is 18.3 Å². The molecule has 0 aliphatic heterocycles. The first-order valence-corrected chi connectivity index (χ1v) is 8.39. The maximum Gasteiger partial charge on any atom is 0.471 e. The van der Waals surface area contributed by atoms with Gasteiger partial charge in [-0.05, 0) is 33.6 Å². The lowest BCUT2D eigenvalue weighted by Gasteiger charge is -2.32. The number of halogens is 3. The molecule has 2 rings (SSSR count). The minimum Gasteiger partial charge on any atom is -0.444 e. The fourth-order valence-electron chi connectivity index (χ4n) is 2.91. The van der Waals surface area contributed by atoms with E-state index < -0.39 is 23.8 Å². The van der Waals surface area contributed by atoms with Crippen LogP contribution in [0.1, 0.15) is 58.1 Å². The third-order valence-electron chi connectivity index (χ3n) is 3.96. The van der Waals surface area contributed by atoms with Crippen LogP contribution in [0.2, 0.25) is 0 Å². The number of anilines is 1. The van der Waals surface area contributed by atoms with Gasteiger partial charge >= 0.3 is 18.2 Å². The number of carbonyl (C=O) groups excluding carboxylic acids is 2. The van der Waals surface area contributed by atoms with Crippen LogP contribution in [0.15, 0.2) is 6.07 Å². The average Bonchev–Trinajstić information content (AvgIpc) is 2.93. The number of alkyl halides is 3. The summed E-state index contributed by atoms with van der Waals surface area (Å²) >= 11 is 0. The van der Waals surface area contributed by atoms with Gasteiger partial charge in [-0.15, -0.1) is 0 Å². The van der Waals surface area contributed by atoms with Crippen molar-refractivity contribution in [1.82, 2.24) is 15.5 Å². The van der Waals surface area contributed by atoms with Crippen molar-refractivity contribution in [3.63, 3.8) is 0 Å². The van der Waals surface area contributed by atoms with Crippen LogP contribution in [-0.4, -0.2) is 40.0 Å². The van der Waals surface area contributed by atoms with Crippen LogP contribution < -0.4 is 10.6 Å². The van der Waals surface area contributed by atoms with Crippen LogP contribution in [0.5, 0.6) is 0 Å². The van der Waals surface area contributed by atoms with Crippen molar-refractivity contribution in [3.8, 4) is 0 Å². The van der Waals surface area contributed by atoms with Crippen LogP contribution in [0.4, 0.5) is 23.8 Å². The quantitative estimate of drug-likeness (QED) is 0.753. The van der Waals surface area contributed by atoms with Crippen LogP contribution in [-0.2, 0) is 9.53 Å². The number of ether oxygens (including phenoxy) is 1. The lowest BCUT2D eigenvalue weighted by molar-refractivity contribution is -0.167. The monoisotopic (exact) mass is 376 g/mol. The summed E-state index contributed by atoms with van der Waals surface area (Å²) in [5.41, 5.74) is -0.0691. The molecule has 10 heteroatoms. The Morgan fingerprint density at radius 2 is 1.88 bits per heavy atom. The van der Waals surface area contributed by atoms with Gasteiger partial charge in [0.25, 0.3) is 0 Å². The summed E-state index contributed by atoms with van der Waals surface area (Å²) in [6.45, 7) is 5.28. The van der Waals surface area contributed by atoms with Gasteiger partial charge in [0.05, 0.1) is 0 Å². The van der Waals surface area contributed by atoms with Crippen molar-refractivity contribution < 1.29 is 27.5 Å². The molecule has 7 nitrogen and oxygen atoms in total. The molecule has 1 aliphatic carbocycles. The van der Waals surface area contributed by atoms with Gasteiger partial charge in [-0.1, -0.05) is 12.8 Å². The summed E-state index contributed by atoms with van der Waals surface area (Å²) < 4.78 is 42.2. The SMILES string of the molecule is CC(C)(C)OC(=O)N[C@@H]1CCCC[C@H]1c1cc(NC(=O)C(F)(F)F)n[nH]1. The highest BCUT2D eigenvalue weighted by Crippen LogP contribution is 2.33. The first kappa shape index (κ1) is 20.1. The average molecular weight is 376 g/mol. The second-order valence-corrected chi connectivity index (χ2v) is 7.30. The van der Waals surface area contributed by atoms with E-state index in [1.54, 1.807) is 26.1 Å². The van der Waals surface area contributed by atoms with Gasteiger partial charge in [0.2, 0.25) is 0 Å². The molecule has 26 heavy (non-hydrogen) atoms. The van der Waals surface area contributed by atoms with E-state index in [0.29, 0.717) is 12.1 Å². The Morgan fingerprint density at radius 1 is 1.23 bits per heavy atom. The Labute approximate surface area is 149 Å². The van der Waals surface area contributed by atoms with Gasteiger partial charge < -0.3 is 15.4 Å². The summed E-state index contributed by atoms with van der Waals surface area (Å²) in [6.07, 6.45) is -2.24. The highest BCUT2D eigenvalue weighted by Gasteiger charge is 2.39. The molecule has 1 aromatic heterocycles. The molecule has 3 N–H and O–H groups in total. The maximum absolute atomic E-state index is 12.3. The molecule has 1 aromatic rings. The van der Waals surface area contributed by atoms with Crippen molar-refractivity contribution in [1.29, 1.82) is 0 Å². The third-order valence-corrected chi connectivity index (χ3v) is 3.96. The smallest absolute Gasteiger partial charge is 0.444 e.